The average Bonchev–Trinajstić information content (AvgIpc) is 2.65. The molecule has 88 valence electrons. The van der Waals surface area contributed by atoms with Crippen LogP contribution in [0.5, 0.6) is 0 Å². The minimum absolute atomic E-state index is 0.116. The van der Waals surface area contributed by atoms with Gasteiger partial charge in [0.25, 0.3) is 0 Å². The Bertz CT molecular complexity index is 504. The summed E-state index contributed by atoms with van der Waals surface area (Å²) in [5, 5.41) is 8.87. The summed E-state index contributed by atoms with van der Waals surface area (Å²) in [6.07, 6.45) is 0. The van der Waals surface area contributed by atoms with Crippen LogP contribution in [0.15, 0.2) is 18.2 Å². The molecule has 1 heterocycles. The molecule has 2 amide bonds. The van der Waals surface area contributed by atoms with Crippen molar-refractivity contribution in [3.8, 4) is 6.07 Å². The third-order valence-corrected chi connectivity index (χ3v) is 2.84. The van der Waals surface area contributed by atoms with E-state index in [9.17, 15) is 4.79 Å². The number of amides is 2. The molecule has 2 rings (SSSR count). The highest BCUT2D eigenvalue weighted by Crippen LogP contribution is 2.34. The maximum absolute atomic E-state index is 12.0. The molecule has 1 aliphatic heterocycles. The van der Waals surface area contributed by atoms with Gasteiger partial charge in [-0.1, -0.05) is 6.07 Å². The van der Waals surface area contributed by atoms with Gasteiger partial charge in [-0.15, -0.1) is 0 Å². The SMILES string of the molecule is CN(C)C(=O)N1C[C@@H](N)c2ccc(C#N)cc21. The summed E-state index contributed by atoms with van der Waals surface area (Å²) in [6.45, 7) is 0.460. The number of anilines is 1. The number of hydrogen-bond donors (Lipinski definition) is 1. The summed E-state index contributed by atoms with van der Waals surface area (Å²) in [6, 6.07) is 7.03. The molecule has 1 aromatic rings. The molecule has 0 fully saturated rings. The van der Waals surface area contributed by atoms with Gasteiger partial charge in [0.05, 0.1) is 17.3 Å². The predicted octanol–water partition coefficient (Wildman–Crippen LogP) is 1.06. The maximum atomic E-state index is 12.0. The number of hydrogen-bond acceptors (Lipinski definition) is 3. The lowest BCUT2D eigenvalue weighted by molar-refractivity contribution is 0.224. The number of carbonyl (C=O) groups excluding carboxylic acids is 1. The Morgan fingerprint density at radius 1 is 1.59 bits per heavy atom. The number of nitrogens with zero attached hydrogens (tertiary/aromatic N) is 3. The third kappa shape index (κ3) is 1.83. The van der Waals surface area contributed by atoms with Gasteiger partial charge >= 0.3 is 6.03 Å². The van der Waals surface area contributed by atoms with Crippen LogP contribution in [0.1, 0.15) is 17.2 Å². The van der Waals surface area contributed by atoms with E-state index in [1.165, 1.54) is 4.90 Å². The molecule has 0 unspecified atom stereocenters. The number of nitriles is 1. The predicted molar refractivity (Wildman–Crippen MR) is 64.5 cm³/mol. The zero-order valence-corrected chi connectivity index (χ0v) is 9.84. The highest BCUT2D eigenvalue weighted by molar-refractivity contribution is 5.94. The van der Waals surface area contributed by atoms with Gasteiger partial charge in [0.2, 0.25) is 0 Å². The summed E-state index contributed by atoms with van der Waals surface area (Å²) in [4.78, 5) is 15.1. The van der Waals surface area contributed by atoms with E-state index in [2.05, 4.69) is 6.07 Å². The van der Waals surface area contributed by atoms with Gasteiger partial charge in [0.15, 0.2) is 0 Å². The lowest BCUT2D eigenvalue weighted by atomic mass is 10.1. The number of rotatable bonds is 0. The van der Waals surface area contributed by atoms with Crippen molar-refractivity contribution in [2.75, 3.05) is 25.5 Å². The molecule has 1 aromatic carbocycles. The van der Waals surface area contributed by atoms with Crippen LogP contribution in [0, 0.1) is 11.3 Å². The molecule has 5 nitrogen and oxygen atoms in total. The molecule has 0 radical (unpaired) electrons. The van der Waals surface area contributed by atoms with E-state index in [-0.39, 0.29) is 12.1 Å². The third-order valence-electron chi connectivity index (χ3n) is 2.84. The summed E-state index contributed by atoms with van der Waals surface area (Å²) < 4.78 is 0. The number of benzene rings is 1. The molecule has 0 aliphatic carbocycles. The summed E-state index contributed by atoms with van der Waals surface area (Å²) >= 11 is 0. The Kier molecular flexibility index (Phi) is 2.74. The molecule has 0 saturated heterocycles. The zero-order valence-electron chi connectivity index (χ0n) is 9.84. The van der Waals surface area contributed by atoms with E-state index < -0.39 is 0 Å². The van der Waals surface area contributed by atoms with E-state index in [0.717, 1.165) is 11.3 Å². The molecule has 0 bridgehead atoms. The van der Waals surface area contributed by atoms with Crippen molar-refractivity contribution in [1.82, 2.24) is 4.90 Å². The van der Waals surface area contributed by atoms with Gasteiger partial charge in [0.1, 0.15) is 0 Å². The number of carbonyl (C=O) groups is 1. The summed E-state index contributed by atoms with van der Waals surface area (Å²) in [5.74, 6) is 0. The van der Waals surface area contributed by atoms with Gasteiger partial charge in [-0.25, -0.2) is 4.79 Å². The fourth-order valence-corrected chi connectivity index (χ4v) is 1.98. The second-order valence-corrected chi connectivity index (χ2v) is 4.28. The van der Waals surface area contributed by atoms with Crippen LogP contribution in [0.3, 0.4) is 0 Å². The molecule has 1 aliphatic rings. The number of urea groups is 1. The molecule has 17 heavy (non-hydrogen) atoms. The molecule has 0 spiro atoms. The van der Waals surface area contributed by atoms with Crippen molar-refractivity contribution in [3.63, 3.8) is 0 Å². The lowest BCUT2D eigenvalue weighted by Gasteiger charge is -2.22. The first-order valence-electron chi connectivity index (χ1n) is 5.33. The zero-order chi connectivity index (χ0) is 12.6. The molecule has 1 atom stereocenters. The molecule has 0 aromatic heterocycles. The standard InChI is InChI=1S/C12H14N4O/c1-15(2)12(17)16-7-10(14)9-4-3-8(6-13)5-11(9)16/h3-5,10H,7,14H2,1-2H3/t10-/m1/s1. The number of fused-ring (bicyclic) bond motifs is 1. The Labute approximate surface area is 100 Å². The van der Waals surface area contributed by atoms with Gasteiger partial charge in [-0.05, 0) is 17.7 Å². The van der Waals surface area contributed by atoms with Crippen LogP contribution >= 0.6 is 0 Å². The van der Waals surface area contributed by atoms with Gasteiger partial charge in [-0.2, -0.15) is 5.26 Å². The fraction of sp³-hybridized carbons (Fsp3) is 0.333. The molecular formula is C12H14N4O. The van der Waals surface area contributed by atoms with Gasteiger partial charge in [-0.3, -0.25) is 4.90 Å². The van der Waals surface area contributed by atoms with Crippen LogP contribution in [0.2, 0.25) is 0 Å². The lowest BCUT2D eigenvalue weighted by Crippen LogP contribution is -2.39. The van der Waals surface area contributed by atoms with Crippen molar-refractivity contribution in [2.45, 2.75) is 6.04 Å². The van der Waals surface area contributed by atoms with E-state index in [4.69, 9.17) is 11.0 Å². The second kappa shape index (κ2) is 4.07. The first-order valence-corrected chi connectivity index (χ1v) is 5.33. The largest absolute Gasteiger partial charge is 0.330 e. The van der Waals surface area contributed by atoms with Crippen LogP contribution < -0.4 is 10.6 Å². The first kappa shape index (κ1) is 11.4. The second-order valence-electron chi connectivity index (χ2n) is 4.28. The van der Waals surface area contributed by atoms with Crippen LogP contribution in [0.4, 0.5) is 10.5 Å². The van der Waals surface area contributed by atoms with Crippen molar-refractivity contribution in [1.29, 1.82) is 5.26 Å². The quantitative estimate of drug-likeness (QED) is 0.724. The highest BCUT2D eigenvalue weighted by Gasteiger charge is 2.31. The monoisotopic (exact) mass is 230 g/mol. The van der Waals surface area contributed by atoms with E-state index in [1.54, 1.807) is 31.1 Å². The Balaban J connectivity index is 2.45. The minimum Gasteiger partial charge on any atom is -0.330 e. The van der Waals surface area contributed by atoms with Crippen molar-refractivity contribution in [2.24, 2.45) is 5.73 Å². The number of nitrogens with two attached hydrogens (primary N) is 1. The Hall–Kier alpha value is -2.06. The fourth-order valence-electron chi connectivity index (χ4n) is 1.98. The van der Waals surface area contributed by atoms with Crippen LogP contribution in [-0.4, -0.2) is 31.6 Å². The topological polar surface area (TPSA) is 73.4 Å². The van der Waals surface area contributed by atoms with E-state index in [0.29, 0.717) is 12.1 Å². The first-order chi connectivity index (χ1) is 8.04. The normalized spacial score (nSPS) is 17.5. The molecule has 5 heteroatoms. The summed E-state index contributed by atoms with van der Waals surface area (Å²) in [5.41, 5.74) is 8.17. The summed E-state index contributed by atoms with van der Waals surface area (Å²) in [7, 11) is 3.39. The maximum Gasteiger partial charge on any atom is 0.324 e. The van der Waals surface area contributed by atoms with E-state index >= 15 is 0 Å². The molecule has 2 N–H and O–H groups in total. The Morgan fingerprint density at radius 3 is 2.88 bits per heavy atom. The Morgan fingerprint density at radius 2 is 2.29 bits per heavy atom. The molecule has 0 saturated carbocycles. The average molecular weight is 230 g/mol. The van der Waals surface area contributed by atoms with Crippen LogP contribution in [0.25, 0.3) is 0 Å². The highest BCUT2D eigenvalue weighted by atomic mass is 16.2. The van der Waals surface area contributed by atoms with Gasteiger partial charge in [0, 0.05) is 26.7 Å². The molecular weight excluding hydrogens is 216 g/mol. The van der Waals surface area contributed by atoms with Crippen molar-refractivity contribution in [3.05, 3.63) is 29.3 Å². The smallest absolute Gasteiger partial charge is 0.324 e. The van der Waals surface area contributed by atoms with E-state index in [1.807, 2.05) is 6.07 Å². The van der Waals surface area contributed by atoms with Crippen molar-refractivity contribution >= 4 is 11.7 Å². The minimum atomic E-state index is -0.179. The van der Waals surface area contributed by atoms with Crippen molar-refractivity contribution < 1.29 is 4.79 Å². The van der Waals surface area contributed by atoms with Gasteiger partial charge < -0.3 is 10.6 Å². The van der Waals surface area contributed by atoms with Crippen LogP contribution in [-0.2, 0) is 0 Å².